The largest absolute Gasteiger partial charge is 0.501 e. The van der Waals surface area contributed by atoms with E-state index in [2.05, 4.69) is 38.7 Å². The third-order valence-corrected chi connectivity index (χ3v) is 4.91. The van der Waals surface area contributed by atoms with Crippen molar-refractivity contribution in [3.63, 3.8) is 0 Å². The van der Waals surface area contributed by atoms with Gasteiger partial charge in [0.15, 0.2) is 0 Å². The summed E-state index contributed by atoms with van der Waals surface area (Å²) in [4.78, 5) is 0. The van der Waals surface area contributed by atoms with E-state index in [0.717, 1.165) is 19.0 Å². The van der Waals surface area contributed by atoms with Gasteiger partial charge in [0.25, 0.3) is 0 Å². The average molecular weight is 254 g/mol. The molecule has 0 spiro atoms. The Morgan fingerprint density at radius 1 is 1.29 bits per heavy atom. The van der Waals surface area contributed by atoms with E-state index < -0.39 is 8.07 Å². The standard InChI is InChI=1S/C14H26O2Si/c1-12-7-6-8-14(15-2)13(12)11-16-9-10-17(3,4)5/h6-8,12-13H,9-11H2,1-5H3. The third-order valence-electron chi connectivity index (χ3n) is 3.20. The fourth-order valence-corrected chi connectivity index (χ4v) is 2.64. The molecule has 0 bridgehead atoms. The summed E-state index contributed by atoms with van der Waals surface area (Å²) in [6, 6.07) is 1.23. The van der Waals surface area contributed by atoms with E-state index in [0.29, 0.717) is 11.8 Å². The zero-order valence-electron chi connectivity index (χ0n) is 11.8. The number of methoxy groups -OCH3 is 1. The summed E-state index contributed by atoms with van der Waals surface area (Å²) >= 11 is 0. The first kappa shape index (κ1) is 14.5. The molecule has 0 aromatic heterocycles. The van der Waals surface area contributed by atoms with Crippen LogP contribution in [-0.2, 0) is 9.47 Å². The van der Waals surface area contributed by atoms with Gasteiger partial charge < -0.3 is 9.47 Å². The van der Waals surface area contributed by atoms with Crippen LogP contribution in [0, 0.1) is 11.8 Å². The van der Waals surface area contributed by atoms with Gasteiger partial charge in [0.2, 0.25) is 0 Å². The van der Waals surface area contributed by atoms with Gasteiger partial charge in [-0.1, -0.05) is 38.7 Å². The van der Waals surface area contributed by atoms with Crippen LogP contribution in [0.4, 0.5) is 0 Å². The molecule has 3 heteroatoms. The highest BCUT2D eigenvalue weighted by atomic mass is 28.3. The molecule has 0 fully saturated rings. The normalized spacial score (nSPS) is 24.6. The number of ether oxygens (including phenoxy) is 2. The topological polar surface area (TPSA) is 18.5 Å². The SMILES string of the molecule is COC1=CC=CC(C)C1COCC[Si](C)(C)C. The van der Waals surface area contributed by atoms with Crippen LogP contribution in [0.15, 0.2) is 24.0 Å². The number of hydrogen-bond acceptors (Lipinski definition) is 2. The predicted molar refractivity (Wildman–Crippen MR) is 75.9 cm³/mol. The second kappa shape index (κ2) is 6.41. The van der Waals surface area contributed by atoms with E-state index in [1.54, 1.807) is 7.11 Å². The van der Waals surface area contributed by atoms with E-state index in [1.807, 2.05) is 6.08 Å². The summed E-state index contributed by atoms with van der Waals surface area (Å²) in [5.41, 5.74) is 0. The van der Waals surface area contributed by atoms with Gasteiger partial charge in [-0.05, 0) is 18.0 Å². The Hall–Kier alpha value is -0.543. The third kappa shape index (κ3) is 5.09. The molecule has 17 heavy (non-hydrogen) atoms. The molecule has 2 atom stereocenters. The van der Waals surface area contributed by atoms with Crippen molar-refractivity contribution < 1.29 is 9.47 Å². The summed E-state index contributed by atoms with van der Waals surface area (Å²) < 4.78 is 11.2. The van der Waals surface area contributed by atoms with Crippen LogP contribution < -0.4 is 0 Å². The van der Waals surface area contributed by atoms with Crippen molar-refractivity contribution in [2.24, 2.45) is 11.8 Å². The van der Waals surface area contributed by atoms with Gasteiger partial charge >= 0.3 is 0 Å². The summed E-state index contributed by atoms with van der Waals surface area (Å²) in [5.74, 6) is 1.93. The van der Waals surface area contributed by atoms with Crippen LogP contribution >= 0.6 is 0 Å². The van der Waals surface area contributed by atoms with Crippen LogP contribution in [-0.4, -0.2) is 28.4 Å². The highest BCUT2D eigenvalue weighted by Gasteiger charge is 2.23. The molecule has 0 saturated heterocycles. The highest BCUT2D eigenvalue weighted by Crippen LogP contribution is 2.26. The fraction of sp³-hybridized carbons (Fsp3) is 0.714. The Balaban J connectivity index is 2.35. The van der Waals surface area contributed by atoms with Crippen molar-refractivity contribution in [3.05, 3.63) is 24.0 Å². The van der Waals surface area contributed by atoms with E-state index in [1.165, 1.54) is 6.04 Å². The number of rotatable bonds is 6. The van der Waals surface area contributed by atoms with Gasteiger partial charge in [0.05, 0.1) is 13.7 Å². The van der Waals surface area contributed by atoms with Gasteiger partial charge in [0.1, 0.15) is 5.76 Å². The lowest BCUT2D eigenvalue weighted by Gasteiger charge is -2.26. The number of hydrogen-bond donors (Lipinski definition) is 0. The van der Waals surface area contributed by atoms with Crippen molar-refractivity contribution >= 4 is 8.07 Å². The van der Waals surface area contributed by atoms with E-state index in [-0.39, 0.29) is 0 Å². The molecule has 0 radical (unpaired) electrons. The minimum atomic E-state index is -0.971. The average Bonchev–Trinajstić information content (AvgIpc) is 2.24. The van der Waals surface area contributed by atoms with Crippen LogP contribution in [0.5, 0.6) is 0 Å². The number of allylic oxidation sites excluding steroid dienone is 3. The lowest BCUT2D eigenvalue weighted by atomic mass is 9.89. The molecule has 0 N–H and O–H groups in total. The van der Waals surface area contributed by atoms with E-state index in [4.69, 9.17) is 9.47 Å². The summed E-state index contributed by atoms with van der Waals surface area (Å²) in [6.07, 6.45) is 6.34. The lowest BCUT2D eigenvalue weighted by molar-refractivity contribution is 0.0829. The molecule has 1 aliphatic rings. The molecule has 2 unspecified atom stereocenters. The molecule has 98 valence electrons. The van der Waals surface area contributed by atoms with Crippen molar-refractivity contribution in [1.29, 1.82) is 0 Å². The quantitative estimate of drug-likeness (QED) is 0.531. The molecule has 1 rings (SSSR count). The van der Waals surface area contributed by atoms with Gasteiger partial charge in [-0.3, -0.25) is 0 Å². The van der Waals surface area contributed by atoms with Gasteiger partial charge in [-0.2, -0.15) is 0 Å². The maximum atomic E-state index is 5.83. The Morgan fingerprint density at radius 3 is 2.59 bits per heavy atom. The lowest BCUT2D eigenvalue weighted by Crippen LogP contribution is -2.25. The van der Waals surface area contributed by atoms with Crippen LogP contribution in [0.25, 0.3) is 0 Å². The van der Waals surface area contributed by atoms with E-state index in [9.17, 15) is 0 Å². The molecule has 0 heterocycles. The highest BCUT2D eigenvalue weighted by molar-refractivity contribution is 6.76. The van der Waals surface area contributed by atoms with Gasteiger partial charge in [0, 0.05) is 20.6 Å². The minimum absolute atomic E-state index is 0.381. The second-order valence-electron chi connectivity index (χ2n) is 6.01. The predicted octanol–water partition coefficient (Wildman–Crippen LogP) is 3.69. The molecule has 0 amide bonds. The maximum Gasteiger partial charge on any atom is 0.101 e. The summed E-state index contributed by atoms with van der Waals surface area (Å²) in [7, 11) is 0.772. The molecule has 1 aliphatic carbocycles. The Kier molecular flexibility index (Phi) is 5.47. The van der Waals surface area contributed by atoms with Crippen LogP contribution in [0.1, 0.15) is 6.92 Å². The summed E-state index contributed by atoms with van der Waals surface area (Å²) in [5, 5.41) is 0. The minimum Gasteiger partial charge on any atom is -0.501 e. The van der Waals surface area contributed by atoms with Gasteiger partial charge in [-0.15, -0.1) is 0 Å². The first-order valence-corrected chi connectivity index (χ1v) is 10.1. The van der Waals surface area contributed by atoms with Gasteiger partial charge in [-0.25, -0.2) is 0 Å². The second-order valence-corrected chi connectivity index (χ2v) is 11.6. The maximum absolute atomic E-state index is 5.83. The van der Waals surface area contributed by atoms with Crippen molar-refractivity contribution in [2.45, 2.75) is 32.6 Å². The first-order valence-electron chi connectivity index (χ1n) is 6.44. The first-order chi connectivity index (χ1) is 7.94. The summed E-state index contributed by atoms with van der Waals surface area (Å²) in [6.45, 7) is 11.0. The molecule has 0 aromatic rings. The molecular formula is C14H26O2Si. The van der Waals surface area contributed by atoms with Crippen LogP contribution in [0.3, 0.4) is 0 Å². The Bertz CT molecular complexity index is 289. The van der Waals surface area contributed by atoms with Crippen molar-refractivity contribution in [3.8, 4) is 0 Å². The fourth-order valence-electron chi connectivity index (χ4n) is 1.88. The Morgan fingerprint density at radius 2 is 2.00 bits per heavy atom. The van der Waals surface area contributed by atoms with Crippen molar-refractivity contribution in [1.82, 2.24) is 0 Å². The zero-order valence-corrected chi connectivity index (χ0v) is 12.8. The smallest absolute Gasteiger partial charge is 0.101 e. The van der Waals surface area contributed by atoms with Crippen molar-refractivity contribution in [2.75, 3.05) is 20.3 Å². The van der Waals surface area contributed by atoms with E-state index >= 15 is 0 Å². The zero-order chi connectivity index (χ0) is 12.9. The monoisotopic (exact) mass is 254 g/mol. The molecule has 0 aromatic carbocycles. The Labute approximate surface area is 107 Å². The molecule has 2 nitrogen and oxygen atoms in total. The molecule has 0 aliphatic heterocycles. The molecular weight excluding hydrogens is 228 g/mol. The van der Waals surface area contributed by atoms with Crippen LogP contribution in [0.2, 0.25) is 25.7 Å². The molecule has 0 saturated carbocycles.